The van der Waals surface area contributed by atoms with E-state index in [9.17, 15) is 0 Å². The Morgan fingerprint density at radius 2 is 2.47 bits per heavy atom. The lowest BCUT2D eigenvalue weighted by atomic mass is 10.4. The maximum absolute atomic E-state index is 5.65. The van der Waals surface area contributed by atoms with Gasteiger partial charge in [-0.15, -0.1) is 5.10 Å². The van der Waals surface area contributed by atoms with Gasteiger partial charge >= 0.3 is 0 Å². The van der Waals surface area contributed by atoms with Crippen LogP contribution in [0.4, 0.5) is 10.8 Å². The Bertz CT molecular complexity index is 454. The minimum atomic E-state index is 0.427. The molecule has 0 saturated heterocycles. The molecule has 0 fully saturated rings. The van der Waals surface area contributed by atoms with E-state index in [4.69, 9.17) is 10.5 Å². The summed E-state index contributed by atoms with van der Waals surface area (Å²) < 4.78 is 11.0. The maximum Gasteiger partial charge on any atom is 0.197 e. The van der Waals surface area contributed by atoms with Gasteiger partial charge in [0, 0.05) is 19.3 Å². The van der Waals surface area contributed by atoms with Crippen molar-refractivity contribution in [2.75, 3.05) is 24.7 Å². The number of nitrogens with zero attached hydrogens (tertiary/aromatic N) is 4. The summed E-state index contributed by atoms with van der Waals surface area (Å²) in [6, 6.07) is 0. The van der Waals surface area contributed by atoms with E-state index in [1.807, 2.05) is 6.20 Å². The number of aryl methyl sites for hydroxylation is 1. The molecule has 17 heavy (non-hydrogen) atoms. The molecular formula is C9H14N6OS. The van der Waals surface area contributed by atoms with E-state index in [2.05, 4.69) is 20.0 Å². The third kappa shape index (κ3) is 2.84. The largest absolute Gasteiger partial charge is 0.490 e. The van der Waals surface area contributed by atoms with Crippen LogP contribution in [0.1, 0.15) is 6.42 Å². The molecule has 0 amide bonds. The van der Waals surface area contributed by atoms with Gasteiger partial charge in [-0.25, -0.2) is 0 Å². The van der Waals surface area contributed by atoms with E-state index in [0.717, 1.165) is 24.5 Å². The molecule has 2 rings (SSSR count). The van der Waals surface area contributed by atoms with Crippen molar-refractivity contribution >= 4 is 22.4 Å². The maximum atomic E-state index is 5.65. The van der Waals surface area contributed by atoms with Crippen LogP contribution >= 0.6 is 11.5 Å². The smallest absolute Gasteiger partial charge is 0.197 e. The zero-order valence-corrected chi connectivity index (χ0v) is 10.3. The minimum Gasteiger partial charge on any atom is -0.490 e. The van der Waals surface area contributed by atoms with Gasteiger partial charge in [0.15, 0.2) is 16.6 Å². The average molecular weight is 254 g/mol. The second kappa shape index (κ2) is 5.48. The summed E-state index contributed by atoms with van der Waals surface area (Å²) >= 11 is 1.30. The van der Waals surface area contributed by atoms with Gasteiger partial charge in [-0.05, 0) is 18.0 Å². The molecule has 2 aromatic heterocycles. The van der Waals surface area contributed by atoms with Gasteiger partial charge in [0.1, 0.15) is 0 Å². The van der Waals surface area contributed by atoms with Gasteiger partial charge in [0.05, 0.1) is 13.3 Å². The molecular weight excluding hydrogens is 240 g/mol. The first-order valence-electron chi connectivity index (χ1n) is 5.18. The van der Waals surface area contributed by atoms with Gasteiger partial charge in [-0.1, -0.05) is 5.21 Å². The van der Waals surface area contributed by atoms with Crippen LogP contribution in [0.25, 0.3) is 0 Å². The third-order valence-electron chi connectivity index (χ3n) is 2.20. The van der Waals surface area contributed by atoms with E-state index < -0.39 is 0 Å². The van der Waals surface area contributed by atoms with Crippen molar-refractivity contribution in [1.82, 2.24) is 19.4 Å². The summed E-state index contributed by atoms with van der Waals surface area (Å²) in [6.45, 7) is 1.63. The highest BCUT2D eigenvalue weighted by molar-refractivity contribution is 7.11. The van der Waals surface area contributed by atoms with Crippen LogP contribution < -0.4 is 15.8 Å². The number of hydrogen-bond donors (Lipinski definition) is 2. The van der Waals surface area contributed by atoms with Crippen molar-refractivity contribution in [3.05, 3.63) is 12.4 Å². The molecule has 0 spiro atoms. The number of aromatic nitrogens is 4. The monoisotopic (exact) mass is 254 g/mol. The fourth-order valence-corrected chi connectivity index (χ4v) is 2.11. The molecule has 8 heteroatoms. The molecule has 0 saturated carbocycles. The molecule has 0 bridgehead atoms. The van der Waals surface area contributed by atoms with Crippen LogP contribution in [0.5, 0.6) is 5.75 Å². The number of nitrogen functional groups attached to an aromatic ring is 1. The first-order chi connectivity index (χ1) is 8.31. The molecule has 7 nitrogen and oxygen atoms in total. The lowest BCUT2D eigenvalue weighted by Crippen LogP contribution is -2.07. The lowest BCUT2D eigenvalue weighted by molar-refractivity contribution is 0.419. The van der Waals surface area contributed by atoms with Crippen molar-refractivity contribution in [3.63, 3.8) is 0 Å². The Labute approximate surface area is 103 Å². The van der Waals surface area contributed by atoms with Crippen LogP contribution in [0.3, 0.4) is 0 Å². The van der Waals surface area contributed by atoms with Crippen LogP contribution in [0.2, 0.25) is 0 Å². The molecule has 0 aliphatic carbocycles. The minimum absolute atomic E-state index is 0.427. The normalized spacial score (nSPS) is 10.4. The van der Waals surface area contributed by atoms with Crippen LogP contribution in [-0.2, 0) is 6.54 Å². The predicted octanol–water partition coefficient (Wildman–Crippen LogP) is 0.828. The van der Waals surface area contributed by atoms with Gasteiger partial charge in [-0.3, -0.25) is 4.68 Å². The number of methoxy groups -OCH3 is 1. The quantitative estimate of drug-likeness (QED) is 0.742. The zero-order valence-electron chi connectivity index (χ0n) is 9.46. The summed E-state index contributed by atoms with van der Waals surface area (Å²) in [5.41, 5.74) is 5.65. The molecule has 3 N–H and O–H groups in total. The summed E-state index contributed by atoms with van der Waals surface area (Å²) in [7, 11) is 1.58. The second-order valence-electron chi connectivity index (χ2n) is 3.38. The second-order valence-corrected chi connectivity index (χ2v) is 4.15. The topological polar surface area (TPSA) is 90.9 Å². The average Bonchev–Trinajstić information content (AvgIpc) is 2.94. The molecule has 2 aromatic rings. The molecule has 0 aliphatic heterocycles. The summed E-state index contributed by atoms with van der Waals surface area (Å²) in [5, 5.41) is 11.7. The Kier molecular flexibility index (Phi) is 3.76. The first-order valence-corrected chi connectivity index (χ1v) is 5.95. The number of hydrogen-bond acceptors (Lipinski definition) is 7. The predicted molar refractivity (Wildman–Crippen MR) is 66.2 cm³/mol. The highest BCUT2D eigenvalue weighted by Crippen LogP contribution is 2.34. The highest BCUT2D eigenvalue weighted by atomic mass is 32.1. The van der Waals surface area contributed by atoms with E-state index >= 15 is 0 Å². The van der Waals surface area contributed by atoms with Crippen LogP contribution in [0, 0.1) is 0 Å². The summed E-state index contributed by atoms with van der Waals surface area (Å²) in [6.07, 6.45) is 4.44. The fraction of sp³-hybridized carbons (Fsp3) is 0.444. The molecule has 0 atom stereocenters. The Hall–Kier alpha value is -1.83. The number of nitrogens with two attached hydrogens (primary N) is 1. The number of ether oxygens (including phenoxy) is 1. The van der Waals surface area contributed by atoms with E-state index in [-0.39, 0.29) is 0 Å². The Balaban J connectivity index is 1.78. The van der Waals surface area contributed by atoms with Gasteiger partial charge in [0.25, 0.3) is 0 Å². The van der Waals surface area contributed by atoms with Gasteiger partial charge in [-0.2, -0.15) is 4.37 Å². The van der Waals surface area contributed by atoms with Crippen LogP contribution in [-0.4, -0.2) is 33.0 Å². The number of rotatable bonds is 6. The lowest BCUT2D eigenvalue weighted by Gasteiger charge is -2.05. The van der Waals surface area contributed by atoms with Crippen molar-refractivity contribution < 1.29 is 4.74 Å². The van der Waals surface area contributed by atoms with Gasteiger partial charge in [0.2, 0.25) is 0 Å². The molecule has 0 aliphatic rings. The van der Waals surface area contributed by atoms with E-state index in [1.165, 1.54) is 11.5 Å². The van der Waals surface area contributed by atoms with Crippen molar-refractivity contribution in [3.8, 4) is 5.75 Å². The molecule has 0 unspecified atom stereocenters. The number of nitrogens with one attached hydrogen (secondary N) is 1. The van der Waals surface area contributed by atoms with Crippen molar-refractivity contribution in [1.29, 1.82) is 0 Å². The third-order valence-corrected chi connectivity index (χ3v) is 3.00. The number of anilines is 2. The standard InChI is InChI=1S/C9H14N6OS/c1-16-7-8(10)13-17-9(7)11-3-2-5-15-6-4-12-14-15/h4,6,11H,2-3,5H2,1H3,(H2,10,13). The van der Waals surface area contributed by atoms with Crippen LogP contribution in [0.15, 0.2) is 12.4 Å². The molecule has 0 radical (unpaired) electrons. The van der Waals surface area contributed by atoms with Crippen molar-refractivity contribution in [2.45, 2.75) is 13.0 Å². The zero-order chi connectivity index (χ0) is 12.1. The molecule has 0 aromatic carbocycles. The SMILES string of the molecule is COc1c(N)nsc1NCCCn1ccnn1. The van der Waals surface area contributed by atoms with Gasteiger partial charge < -0.3 is 15.8 Å². The molecule has 92 valence electrons. The Morgan fingerprint density at radius 3 is 3.18 bits per heavy atom. The van der Waals surface area contributed by atoms with E-state index in [1.54, 1.807) is 18.0 Å². The van der Waals surface area contributed by atoms with Crippen molar-refractivity contribution in [2.24, 2.45) is 0 Å². The Morgan fingerprint density at radius 1 is 1.59 bits per heavy atom. The molecule has 2 heterocycles. The van der Waals surface area contributed by atoms with E-state index in [0.29, 0.717) is 11.6 Å². The summed E-state index contributed by atoms with van der Waals surface area (Å²) in [4.78, 5) is 0. The summed E-state index contributed by atoms with van der Waals surface area (Å²) in [5.74, 6) is 1.05. The first kappa shape index (κ1) is 11.6. The fourth-order valence-electron chi connectivity index (χ4n) is 1.40. The highest BCUT2D eigenvalue weighted by Gasteiger charge is 2.10.